The van der Waals surface area contributed by atoms with Crippen LogP contribution in [0.2, 0.25) is 0 Å². The third kappa shape index (κ3) is 6.32. The summed E-state index contributed by atoms with van der Waals surface area (Å²) in [4.78, 5) is 23.6. The summed E-state index contributed by atoms with van der Waals surface area (Å²) < 4.78 is 14.6. The smallest absolute Gasteiger partial charge is 0.227 e. The minimum absolute atomic E-state index is 0.0693. The van der Waals surface area contributed by atoms with Crippen LogP contribution in [0.15, 0.2) is 85.6 Å². The Bertz CT molecular complexity index is 1480. The Morgan fingerprint density at radius 3 is 2.59 bits per heavy atom. The van der Waals surface area contributed by atoms with Gasteiger partial charge in [0.25, 0.3) is 0 Å². The number of aromatic hydroxyl groups is 1. The number of nitrogens with zero attached hydrogens (tertiary/aromatic N) is 3. The maximum Gasteiger partial charge on any atom is 0.227 e. The number of carbonyl (C=O) groups excluding carboxylic acids is 1. The van der Waals surface area contributed by atoms with E-state index in [-0.39, 0.29) is 18.0 Å². The fourth-order valence-electron chi connectivity index (χ4n) is 4.90. The van der Waals surface area contributed by atoms with Gasteiger partial charge in [0.05, 0.1) is 11.4 Å². The summed E-state index contributed by atoms with van der Waals surface area (Å²) in [5, 5.41) is 13.8. The minimum Gasteiger partial charge on any atom is -0.506 e. The van der Waals surface area contributed by atoms with Gasteiger partial charge in [0.15, 0.2) is 5.78 Å². The summed E-state index contributed by atoms with van der Waals surface area (Å²) in [5.74, 6) is -0.0712. The second kappa shape index (κ2) is 11.9. The van der Waals surface area contributed by atoms with Gasteiger partial charge < -0.3 is 15.3 Å². The van der Waals surface area contributed by atoms with E-state index >= 15 is 0 Å². The summed E-state index contributed by atoms with van der Waals surface area (Å²) >= 11 is 0. The van der Waals surface area contributed by atoms with Gasteiger partial charge >= 0.3 is 0 Å². The van der Waals surface area contributed by atoms with Crippen molar-refractivity contribution in [2.45, 2.75) is 32.1 Å². The van der Waals surface area contributed by atoms with Crippen LogP contribution in [-0.2, 0) is 17.6 Å². The maximum absolute atomic E-state index is 14.6. The number of hydrogen-bond acceptors (Lipinski definition) is 6. The first-order chi connectivity index (χ1) is 19.0. The van der Waals surface area contributed by atoms with Crippen molar-refractivity contribution in [3.05, 3.63) is 108 Å². The first-order valence-corrected chi connectivity index (χ1v) is 13.2. The number of ketones is 1. The number of phenolic OH excluding ortho intramolecular Hbond substituents is 1. The Balaban J connectivity index is 1.51. The van der Waals surface area contributed by atoms with E-state index in [2.05, 4.69) is 21.8 Å². The molecule has 0 amide bonds. The second-order valence-electron chi connectivity index (χ2n) is 9.76. The van der Waals surface area contributed by atoms with Crippen LogP contribution >= 0.6 is 0 Å². The molecule has 0 atom stereocenters. The molecule has 4 aromatic rings. The molecule has 0 spiro atoms. The highest BCUT2D eigenvalue weighted by Gasteiger charge is 2.17. The number of aromatic nitrogens is 2. The van der Waals surface area contributed by atoms with E-state index in [1.165, 1.54) is 18.6 Å². The lowest BCUT2D eigenvalue weighted by molar-refractivity contribution is -0.114. The Hall–Kier alpha value is -4.52. The summed E-state index contributed by atoms with van der Waals surface area (Å²) in [6.07, 6.45) is 6.91. The number of piperidine rings is 1. The highest BCUT2D eigenvalue weighted by molar-refractivity contribution is 5.91. The number of allylic oxidation sites excluding steroid dienone is 1. The SMILES string of the molecule is C=CC(=O)Cc1cc(-c2nc(Nc3ccc(O)c(N4CCCCC4)c3)ncc2Cc2ccccc2)ccc1F. The third-order valence-corrected chi connectivity index (χ3v) is 6.94. The van der Waals surface area contributed by atoms with Crippen molar-refractivity contribution in [3.8, 4) is 17.0 Å². The molecule has 2 N–H and O–H groups in total. The molecule has 198 valence electrons. The predicted octanol–water partition coefficient (Wildman–Crippen LogP) is 6.61. The summed E-state index contributed by atoms with van der Waals surface area (Å²) in [5.41, 5.74) is 5.15. The monoisotopic (exact) mass is 522 g/mol. The fraction of sp³-hybridized carbons (Fsp3) is 0.219. The number of phenols is 1. The van der Waals surface area contributed by atoms with Crippen LogP contribution in [-0.4, -0.2) is 33.9 Å². The van der Waals surface area contributed by atoms with Crippen LogP contribution in [0, 0.1) is 5.82 Å². The van der Waals surface area contributed by atoms with Gasteiger partial charge in [-0.25, -0.2) is 14.4 Å². The average Bonchev–Trinajstić information content (AvgIpc) is 2.97. The van der Waals surface area contributed by atoms with Gasteiger partial charge in [-0.15, -0.1) is 0 Å². The second-order valence-corrected chi connectivity index (χ2v) is 9.76. The first-order valence-electron chi connectivity index (χ1n) is 13.2. The van der Waals surface area contributed by atoms with Crippen molar-refractivity contribution in [1.82, 2.24) is 9.97 Å². The lowest BCUT2D eigenvalue weighted by atomic mass is 9.98. The molecular weight excluding hydrogens is 491 g/mol. The van der Waals surface area contributed by atoms with E-state index in [1.807, 2.05) is 36.4 Å². The zero-order valence-corrected chi connectivity index (χ0v) is 21.7. The molecule has 1 aliphatic rings. The van der Waals surface area contributed by atoms with Gasteiger partial charge in [-0.05, 0) is 72.9 Å². The highest BCUT2D eigenvalue weighted by Crippen LogP contribution is 2.34. The van der Waals surface area contributed by atoms with Crippen LogP contribution in [0.4, 0.5) is 21.7 Å². The molecule has 0 unspecified atom stereocenters. The number of rotatable bonds is 9. The van der Waals surface area contributed by atoms with Crippen molar-refractivity contribution in [1.29, 1.82) is 0 Å². The number of benzene rings is 3. The highest BCUT2D eigenvalue weighted by atomic mass is 19.1. The molecule has 39 heavy (non-hydrogen) atoms. The topological polar surface area (TPSA) is 78.3 Å². The summed E-state index contributed by atoms with van der Waals surface area (Å²) in [7, 11) is 0. The lowest BCUT2D eigenvalue weighted by Crippen LogP contribution is -2.29. The molecule has 0 aliphatic carbocycles. The van der Waals surface area contributed by atoms with Crippen molar-refractivity contribution in [2.24, 2.45) is 0 Å². The molecule has 5 rings (SSSR count). The third-order valence-electron chi connectivity index (χ3n) is 6.94. The summed E-state index contributed by atoms with van der Waals surface area (Å²) in [6, 6.07) is 20.1. The molecule has 1 fully saturated rings. The molecular formula is C32H31FN4O2. The first kappa shape index (κ1) is 26.1. The molecule has 0 radical (unpaired) electrons. The van der Waals surface area contributed by atoms with Crippen LogP contribution in [0.25, 0.3) is 11.3 Å². The number of hydrogen-bond donors (Lipinski definition) is 2. The van der Waals surface area contributed by atoms with Gasteiger partial charge in [-0.2, -0.15) is 0 Å². The van der Waals surface area contributed by atoms with Crippen LogP contribution in [0.1, 0.15) is 36.0 Å². The van der Waals surface area contributed by atoms with Crippen LogP contribution in [0.3, 0.4) is 0 Å². The molecule has 1 aromatic heterocycles. The Morgan fingerprint density at radius 2 is 1.82 bits per heavy atom. The molecule has 0 saturated carbocycles. The zero-order chi connectivity index (χ0) is 27.2. The van der Waals surface area contributed by atoms with Crippen LogP contribution in [0.5, 0.6) is 5.75 Å². The fourth-order valence-corrected chi connectivity index (χ4v) is 4.90. The molecule has 0 bridgehead atoms. The van der Waals surface area contributed by atoms with E-state index < -0.39 is 5.82 Å². The van der Waals surface area contributed by atoms with Gasteiger partial charge in [0.2, 0.25) is 5.95 Å². The quantitative estimate of drug-likeness (QED) is 0.190. The lowest BCUT2D eigenvalue weighted by Gasteiger charge is -2.29. The predicted molar refractivity (Wildman–Crippen MR) is 153 cm³/mol. The van der Waals surface area contributed by atoms with E-state index in [1.54, 1.807) is 30.5 Å². The standard InChI is InChI=1S/C32H31FN4O2/c1-2-27(38)19-24-18-23(11-13-28(24)33)31-25(17-22-9-5-3-6-10-22)21-34-32(36-31)35-26-12-14-30(39)29(20-26)37-15-7-4-8-16-37/h2-3,5-6,9-14,18,20-21,39H,1,4,7-8,15-17,19H2,(H,34,35,36). The number of anilines is 3. The van der Waals surface area contributed by atoms with E-state index in [4.69, 9.17) is 4.98 Å². The van der Waals surface area contributed by atoms with E-state index in [9.17, 15) is 14.3 Å². The molecule has 2 heterocycles. The van der Waals surface area contributed by atoms with Crippen LogP contribution < -0.4 is 10.2 Å². The Morgan fingerprint density at radius 1 is 1.03 bits per heavy atom. The van der Waals surface area contributed by atoms with Crippen molar-refractivity contribution in [2.75, 3.05) is 23.3 Å². The van der Waals surface area contributed by atoms with Gasteiger partial charge in [0.1, 0.15) is 11.6 Å². The van der Waals surface area contributed by atoms with Crippen molar-refractivity contribution in [3.63, 3.8) is 0 Å². The number of halogens is 1. The van der Waals surface area contributed by atoms with Gasteiger partial charge in [0, 0.05) is 48.9 Å². The number of nitrogens with one attached hydrogen (secondary N) is 1. The van der Waals surface area contributed by atoms with Gasteiger partial charge in [-0.1, -0.05) is 36.9 Å². The average molecular weight is 523 g/mol. The Labute approximate surface area is 227 Å². The molecule has 1 saturated heterocycles. The number of carbonyl (C=O) groups is 1. The largest absolute Gasteiger partial charge is 0.506 e. The Kier molecular flexibility index (Phi) is 7.96. The zero-order valence-electron chi connectivity index (χ0n) is 21.7. The molecule has 3 aromatic carbocycles. The normalized spacial score (nSPS) is 13.2. The molecule has 7 heteroatoms. The van der Waals surface area contributed by atoms with E-state index in [0.717, 1.165) is 48.4 Å². The summed E-state index contributed by atoms with van der Waals surface area (Å²) in [6.45, 7) is 5.32. The molecule has 1 aliphatic heterocycles. The van der Waals surface area contributed by atoms with Crippen molar-refractivity contribution >= 4 is 23.1 Å². The molecule has 6 nitrogen and oxygen atoms in total. The van der Waals surface area contributed by atoms with Gasteiger partial charge in [-0.3, -0.25) is 4.79 Å². The maximum atomic E-state index is 14.6. The minimum atomic E-state index is -0.444. The van der Waals surface area contributed by atoms with E-state index in [0.29, 0.717) is 29.2 Å². The van der Waals surface area contributed by atoms with Crippen molar-refractivity contribution < 1.29 is 14.3 Å².